The minimum atomic E-state index is 0.377. The lowest BCUT2D eigenvalue weighted by Crippen LogP contribution is -1.92. The van der Waals surface area contributed by atoms with Gasteiger partial charge in [0.15, 0.2) is 0 Å². The highest BCUT2D eigenvalue weighted by molar-refractivity contribution is 6.42. The lowest BCUT2D eigenvalue weighted by molar-refractivity contribution is 1.41. The standard InChI is InChI=1S/C9H5Cl3N2/c10-4-1-2-5(11)9-7(4)8(13)6(12)3-14-9/h1-3H,(H2,13,14). The Labute approximate surface area is 95.6 Å². The predicted molar refractivity (Wildman–Crippen MR) is 61.2 cm³/mol. The van der Waals surface area contributed by atoms with Gasteiger partial charge in [0.05, 0.1) is 26.3 Å². The van der Waals surface area contributed by atoms with Gasteiger partial charge in [-0.15, -0.1) is 0 Å². The molecule has 0 fully saturated rings. The number of nitrogen functional groups attached to an aromatic ring is 1. The number of rotatable bonds is 0. The van der Waals surface area contributed by atoms with Gasteiger partial charge in [0.1, 0.15) is 0 Å². The molecule has 2 rings (SSSR count). The van der Waals surface area contributed by atoms with Gasteiger partial charge in [0.25, 0.3) is 0 Å². The molecule has 0 atom stereocenters. The second-order valence-corrected chi connectivity index (χ2v) is 3.99. The van der Waals surface area contributed by atoms with Crippen LogP contribution < -0.4 is 5.73 Å². The molecule has 14 heavy (non-hydrogen) atoms. The number of nitrogens with zero attached hydrogens (tertiary/aromatic N) is 1. The molecule has 0 saturated heterocycles. The van der Waals surface area contributed by atoms with E-state index in [-0.39, 0.29) is 0 Å². The molecule has 0 spiro atoms. The highest BCUT2D eigenvalue weighted by atomic mass is 35.5. The van der Waals surface area contributed by atoms with Gasteiger partial charge >= 0.3 is 0 Å². The molecule has 2 aromatic rings. The van der Waals surface area contributed by atoms with E-state index in [4.69, 9.17) is 40.5 Å². The molecule has 0 unspecified atom stereocenters. The number of nitrogens with two attached hydrogens (primary N) is 1. The Kier molecular flexibility index (Phi) is 2.43. The first-order chi connectivity index (χ1) is 6.61. The molecular formula is C9H5Cl3N2. The van der Waals surface area contributed by atoms with Gasteiger partial charge in [0.2, 0.25) is 0 Å². The maximum atomic E-state index is 5.97. The van der Waals surface area contributed by atoms with Crippen LogP contribution in [0.4, 0.5) is 5.69 Å². The summed E-state index contributed by atoms with van der Waals surface area (Å²) >= 11 is 17.7. The van der Waals surface area contributed by atoms with Crippen molar-refractivity contribution in [1.29, 1.82) is 0 Å². The molecule has 72 valence electrons. The summed E-state index contributed by atoms with van der Waals surface area (Å²) in [5.74, 6) is 0. The number of benzene rings is 1. The van der Waals surface area contributed by atoms with E-state index in [0.717, 1.165) is 0 Å². The van der Waals surface area contributed by atoms with Crippen molar-refractivity contribution < 1.29 is 0 Å². The third-order valence-electron chi connectivity index (χ3n) is 1.91. The Balaban J connectivity index is 3.01. The summed E-state index contributed by atoms with van der Waals surface area (Å²) in [6.45, 7) is 0. The quantitative estimate of drug-likeness (QED) is 0.769. The Bertz CT molecular complexity index is 511. The van der Waals surface area contributed by atoms with Crippen molar-refractivity contribution >= 4 is 51.4 Å². The highest BCUT2D eigenvalue weighted by Crippen LogP contribution is 2.35. The summed E-state index contributed by atoms with van der Waals surface area (Å²) in [6.07, 6.45) is 1.46. The van der Waals surface area contributed by atoms with Crippen LogP contribution in [-0.2, 0) is 0 Å². The first kappa shape index (κ1) is 9.84. The monoisotopic (exact) mass is 246 g/mol. The van der Waals surface area contributed by atoms with E-state index in [9.17, 15) is 0 Å². The maximum Gasteiger partial charge on any atom is 0.0925 e. The van der Waals surface area contributed by atoms with Gasteiger partial charge in [0, 0.05) is 11.6 Å². The smallest absolute Gasteiger partial charge is 0.0925 e. The summed E-state index contributed by atoms with van der Waals surface area (Å²) < 4.78 is 0. The van der Waals surface area contributed by atoms with Gasteiger partial charge in [-0.05, 0) is 12.1 Å². The van der Waals surface area contributed by atoms with Crippen molar-refractivity contribution in [3.05, 3.63) is 33.4 Å². The summed E-state index contributed by atoms with van der Waals surface area (Å²) in [4.78, 5) is 4.07. The van der Waals surface area contributed by atoms with E-state index >= 15 is 0 Å². The van der Waals surface area contributed by atoms with E-state index in [1.165, 1.54) is 6.20 Å². The fourth-order valence-corrected chi connectivity index (χ4v) is 1.84. The second-order valence-electron chi connectivity index (χ2n) is 2.77. The summed E-state index contributed by atoms with van der Waals surface area (Å²) in [5.41, 5.74) is 6.75. The Morgan fingerprint density at radius 2 is 1.64 bits per heavy atom. The van der Waals surface area contributed by atoms with Crippen LogP contribution in [-0.4, -0.2) is 4.98 Å². The minimum absolute atomic E-state index is 0.377. The molecule has 0 amide bonds. The summed E-state index contributed by atoms with van der Waals surface area (Å²) in [5, 5.41) is 1.98. The van der Waals surface area contributed by atoms with Crippen LogP contribution >= 0.6 is 34.8 Å². The number of aromatic nitrogens is 1. The second kappa shape index (κ2) is 3.46. The topological polar surface area (TPSA) is 38.9 Å². The molecule has 0 aliphatic rings. The SMILES string of the molecule is Nc1c(Cl)cnc2c(Cl)ccc(Cl)c12. The summed E-state index contributed by atoms with van der Waals surface area (Å²) in [6, 6.07) is 3.34. The number of halogens is 3. The van der Waals surface area contributed by atoms with Crippen molar-refractivity contribution in [1.82, 2.24) is 4.98 Å². The van der Waals surface area contributed by atoms with Gasteiger partial charge < -0.3 is 5.73 Å². The van der Waals surface area contributed by atoms with Crippen molar-refractivity contribution in [3.8, 4) is 0 Å². The highest BCUT2D eigenvalue weighted by Gasteiger charge is 2.10. The van der Waals surface area contributed by atoms with Gasteiger partial charge in [-0.2, -0.15) is 0 Å². The van der Waals surface area contributed by atoms with E-state index in [0.29, 0.717) is 31.7 Å². The van der Waals surface area contributed by atoms with Crippen molar-refractivity contribution in [3.63, 3.8) is 0 Å². The zero-order chi connectivity index (χ0) is 10.3. The average molecular weight is 248 g/mol. The largest absolute Gasteiger partial charge is 0.397 e. The van der Waals surface area contributed by atoms with E-state index < -0.39 is 0 Å². The zero-order valence-corrected chi connectivity index (χ0v) is 9.16. The van der Waals surface area contributed by atoms with E-state index in [2.05, 4.69) is 4.98 Å². The van der Waals surface area contributed by atoms with Crippen LogP contribution in [0.1, 0.15) is 0 Å². The summed E-state index contributed by atoms with van der Waals surface area (Å²) in [7, 11) is 0. The molecule has 0 bridgehead atoms. The molecule has 2 nitrogen and oxygen atoms in total. The number of hydrogen-bond donors (Lipinski definition) is 1. The lowest BCUT2D eigenvalue weighted by atomic mass is 10.2. The van der Waals surface area contributed by atoms with Gasteiger partial charge in [-0.1, -0.05) is 34.8 Å². The fourth-order valence-electron chi connectivity index (χ4n) is 1.23. The van der Waals surface area contributed by atoms with Crippen molar-refractivity contribution in [2.45, 2.75) is 0 Å². The number of anilines is 1. The normalized spacial score (nSPS) is 10.8. The molecule has 1 heterocycles. The van der Waals surface area contributed by atoms with Crippen molar-refractivity contribution in [2.24, 2.45) is 0 Å². The Morgan fingerprint density at radius 3 is 2.36 bits per heavy atom. The van der Waals surface area contributed by atoms with Gasteiger partial charge in [-0.25, -0.2) is 0 Å². The Hall–Kier alpha value is -0.700. The van der Waals surface area contributed by atoms with Gasteiger partial charge in [-0.3, -0.25) is 4.98 Å². The third kappa shape index (κ3) is 1.40. The van der Waals surface area contributed by atoms with Crippen LogP contribution in [0.5, 0.6) is 0 Å². The Morgan fingerprint density at radius 1 is 1.00 bits per heavy atom. The molecule has 0 saturated carbocycles. The predicted octanol–water partition coefficient (Wildman–Crippen LogP) is 3.78. The molecule has 1 aromatic carbocycles. The third-order valence-corrected chi connectivity index (χ3v) is 2.83. The fraction of sp³-hybridized carbons (Fsp3) is 0. The average Bonchev–Trinajstić information content (AvgIpc) is 2.16. The number of hydrogen-bond acceptors (Lipinski definition) is 2. The molecule has 0 radical (unpaired) electrons. The molecular weight excluding hydrogens is 242 g/mol. The van der Waals surface area contributed by atoms with Crippen LogP contribution in [0.25, 0.3) is 10.9 Å². The molecule has 2 N–H and O–H groups in total. The van der Waals surface area contributed by atoms with Crippen LogP contribution in [0, 0.1) is 0 Å². The van der Waals surface area contributed by atoms with Crippen LogP contribution in [0.15, 0.2) is 18.3 Å². The van der Waals surface area contributed by atoms with Crippen LogP contribution in [0.2, 0.25) is 15.1 Å². The van der Waals surface area contributed by atoms with Crippen LogP contribution in [0.3, 0.4) is 0 Å². The van der Waals surface area contributed by atoms with E-state index in [1.807, 2.05) is 0 Å². The maximum absolute atomic E-state index is 5.97. The molecule has 0 aliphatic carbocycles. The minimum Gasteiger partial charge on any atom is -0.397 e. The first-order valence-electron chi connectivity index (χ1n) is 3.79. The number of pyridine rings is 1. The number of fused-ring (bicyclic) bond motifs is 1. The lowest BCUT2D eigenvalue weighted by Gasteiger charge is -2.06. The molecule has 5 heteroatoms. The first-order valence-corrected chi connectivity index (χ1v) is 4.92. The van der Waals surface area contributed by atoms with Crippen molar-refractivity contribution in [2.75, 3.05) is 5.73 Å². The van der Waals surface area contributed by atoms with E-state index in [1.54, 1.807) is 12.1 Å². The molecule has 1 aromatic heterocycles. The molecule has 0 aliphatic heterocycles. The zero-order valence-electron chi connectivity index (χ0n) is 6.89.